The van der Waals surface area contributed by atoms with Crippen molar-refractivity contribution in [2.24, 2.45) is 7.05 Å². The Labute approximate surface area is 142 Å². The average Bonchev–Trinajstić information content (AvgIpc) is 2.85. The van der Waals surface area contributed by atoms with Crippen LogP contribution >= 0.6 is 11.8 Å². The summed E-state index contributed by atoms with van der Waals surface area (Å²) in [6.07, 6.45) is 2.55. The molecule has 0 fully saturated rings. The summed E-state index contributed by atoms with van der Waals surface area (Å²) in [5.41, 5.74) is 2.94. The summed E-state index contributed by atoms with van der Waals surface area (Å²) < 4.78 is 1.69. The predicted octanol–water partition coefficient (Wildman–Crippen LogP) is 3.23. The maximum atomic E-state index is 10.8. The standard InChI is InChI=1S/C15H16N6O2S/c1-8-4-5-9(17-15(22)23)6-11(8)18-12-10-7-16-14(24-3)19-13(10)21(2)20-12/h4-7,17H,1-3H3,(H,18,20)(H,22,23). The summed E-state index contributed by atoms with van der Waals surface area (Å²) in [5, 5.41) is 20.3. The Morgan fingerprint density at radius 1 is 1.38 bits per heavy atom. The topological polar surface area (TPSA) is 105 Å². The first-order chi connectivity index (χ1) is 11.5. The maximum absolute atomic E-state index is 10.8. The Morgan fingerprint density at radius 2 is 2.17 bits per heavy atom. The zero-order valence-corrected chi connectivity index (χ0v) is 14.2. The largest absolute Gasteiger partial charge is 0.465 e. The molecule has 0 spiro atoms. The summed E-state index contributed by atoms with van der Waals surface area (Å²) in [4.78, 5) is 19.5. The number of anilines is 3. The minimum absolute atomic E-state index is 0.483. The lowest BCUT2D eigenvalue weighted by Gasteiger charge is -2.10. The van der Waals surface area contributed by atoms with E-state index in [9.17, 15) is 4.79 Å². The van der Waals surface area contributed by atoms with E-state index in [2.05, 4.69) is 25.7 Å². The van der Waals surface area contributed by atoms with Gasteiger partial charge in [-0.2, -0.15) is 5.10 Å². The molecule has 8 nitrogen and oxygen atoms in total. The van der Waals surface area contributed by atoms with Crippen LogP contribution < -0.4 is 10.6 Å². The molecule has 2 aromatic heterocycles. The highest BCUT2D eigenvalue weighted by Gasteiger charge is 2.13. The van der Waals surface area contributed by atoms with E-state index in [1.165, 1.54) is 11.8 Å². The van der Waals surface area contributed by atoms with Gasteiger partial charge in [0.15, 0.2) is 16.6 Å². The van der Waals surface area contributed by atoms with Crippen LogP contribution in [0.1, 0.15) is 5.56 Å². The molecule has 124 valence electrons. The summed E-state index contributed by atoms with van der Waals surface area (Å²) >= 11 is 1.47. The van der Waals surface area contributed by atoms with Crippen LogP contribution in [-0.2, 0) is 7.05 Å². The molecule has 3 aromatic rings. The molecule has 2 heterocycles. The van der Waals surface area contributed by atoms with Gasteiger partial charge < -0.3 is 10.4 Å². The molecule has 24 heavy (non-hydrogen) atoms. The van der Waals surface area contributed by atoms with E-state index in [1.54, 1.807) is 23.0 Å². The van der Waals surface area contributed by atoms with Crippen LogP contribution in [0.25, 0.3) is 11.0 Å². The van der Waals surface area contributed by atoms with Crippen LogP contribution in [-0.4, -0.2) is 37.2 Å². The number of aryl methyl sites for hydroxylation is 2. The number of hydrogen-bond acceptors (Lipinski definition) is 6. The lowest BCUT2D eigenvalue weighted by Crippen LogP contribution is -2.07. The molecule has 0 aliphatic carbocycles. The first kappa shape index (κ1) is 16.1. The lowest BCUT2D eigenvalue weighted by molar-refractivity contribution is 0.210. The van der Waals surface area contributed by atoms with Gasteiger partial charge >= 0.3 is 6.09 Å². The van der Waals surface area contributed by atoms with E-state index in [1.807, 2.05) is 26.3 Å². The van der Waals surface area contributed by atoms with Crippen LogP contribution in [0.4, 0.5) is 22.0 Å². The number of fused-ring (bicyclic) bond motifs is 1. The summed E-state index contributed by atoms with van der Waals surface area (Å²) in [6.45, 7) is 1.93. The molecule has 0 aliphatic rings. The second-order valence-electron chi connectivity index (χ2n) is 5.15. The number of benzene rings is 1. The quantitative estimate of drug-likeness (QED) is 0.493. The van der Waals surface area contributed by atoms with Gasteiger partial charge in [0.05, 0.1) is 5.39 Å². The third-order valence-corrected chi connectivity index (χ3v) is 4.04. The van der Waals surface area contributed by atoms with E-state index in [4.69, 9.17) is 5.11 Å². The van der Waals surface area contributed by atoms with Crippen molar-refractivity contribution < 1.29 is 9.90 Å². The molecule has 3 N–H and O–H groups in total. The number of thioether (sulfide) groups is 1. The molecule has 0 aliphatic heterocycles. The monoisotopic (exact) mass is 344 g/mol. The molecular formula is C15H16N6O2S. The number of carboxylic acid groups (broad SMARTS) is 1. The van der Waals surface area contributed by atoms with Gasteiger partial charge in [-0.25, -0.2) is 19.4 Å². The number of aromatic nitrogens is 4. The van der Waals surface area contributed by atoms with Gasteiger partial charge in [0.25, 0.3) is 0 Å². The van der Waals surface area contributed by atoms with Gasteiger partial charge in [-0.15, -0.1) is 0 Å². The van der Waals surface area contributed by atoms with Crippen molar-refractivity contribution in [2.75, 3.05) is 16.9 Å². The van der Waals surface area contributed by atoms with E-state index in [0.717, 1.165) is 22.3 Å². The molecule has 1 amide bonds. The van der Waals surface area contributed by atoms with Crippen LogP contribution in [0.15, 0.2) is 29.6 Å². The molecular weight excluding hydrogens is 328 g/mol. The number of hydrogen-bond donors (Lipinski definition) is 3. The van der Waals surface area contributed by atoms with E-state index in [0.29, 0.717) is 16.7 Å². The average molecular weight is 344 g/mol. The molecule has 0 atom stereocenters. The highest BCUT2D eigenvalue weighted by Crippen LogP contribution is 2.28. The van der Waals surface area contributed by atoms with Crippen LogP contribution in [0, 0.1) is 6.92 Å². The molecule has 0 bridgehead atoms. The maximum Gasteiger partial charge on any atom is 0.409 e. The second kappa shape index (κ2) is 6.36. The van der Waals surface area contributed by atoms with Crippen molar-refractivity contribution in [3.8, 4) is 0 Å². The third kappa shape index (κ3) is 3.11. The van der Waals surface area contributed by atoms with Crippen molar-refractivity contribution in [1.29, 1.82) is 0 Å². The summed E-state index contributed by atoms with van der Waals surface area (Å²) in [7, 11) is 1.82. The zero-order valence-electron chi connectivity index (χ0n) is 13.4. The Hall–Kier alpha value is -2.81. The zero-order chi connectivity index (χ0) is 17.3. The number of rotatable bonds is 4. The Kier molecular flexibility index (Phi) is 4.26. The normalized spacial score (nSPS) is 10.8. The van der Waals surface area contributed by atoms with Crippen molar-refractivity contribution in [3.05, 3.63) is 30.0 Å². The fourth-order valence-electron chi connectivity index (χ4n) is 2.30. The van der Waals surface area contributed by atoms with Crippen molar-refractivity contribution in [1.82, 2.24) is 19.7 Å². The first-order valence-electron chi connectivity index (χ1n) is 7.09. The molecule has 0 saturated heterocycles. The first-order valence-corrected chi connectivity index (χ1v) is 8.32. The fourth-order valence-corrected chi connectivity index (χ4v) is 2.63. The predicted molar refractivity (Wildman–Crippen MR) is 94.2 cm³/mol. The Balaban J connectivity index is 1.99. The number of nitrogens with zero attached hydrogens (tertiary/aromatic N) is 4. The van der Waals surface area contributed by atoms with Crippen LogP contribution in [0.2, 0.25) is 0 Å². The van der Waals surface area contributed by atoms with Gasteiger partial charge in [0, 0.05) is 24.6 Å². The summed E-state index contributed by atoms with van der Waals surface area (Å²) in [6, 6.07) is 5.27. The molecule has 9 heteroatoms. The third-order valence-electron chi connectivity index (χ3n) is 3.48. The number of amides is 1. The number of carbonyl (C=O) groups is 1. The van der Waals surface area contributed by atoms with Crippen molar-refractivity contribution in [2.45, 2.75) is 12.1 Å². The molecule has 1 aromatic carbocycles. The lowest BCUT2D eigenvalue weighted by atomic mass is 10.1. The van der Waals surface area contributed by atoms with E-state index < -0.39 is 6.09 Å². The van der Waals surface area contributed by atoms with Crippen molar-refractivity contribution >= 4 is 46.1 Å². The Morgan fingerprint density at radius 3 is 2.88 bits per heavy atom. The van der Waals surface area contributed by atoms with Gasteiger partial charge in [0.1, 0.15) is 0 Å². The number of nitrogens with one attached hydrogen (secondary N) is 2. The minimum Gasteiger partial charge on any atom is -0.465 e. The fraction of sp³-hybridized carbons (Fsp3) is 0.200. The highest BCUT2D eigenvalue weighted by molar-refractivity contribution is 7.98. The van der Waals surface area contributed by atoms with Gasteiger partial charge in [-0.3, -0.25) is 5.32 Å². The minimum atomic E-state index is -1.11. The molecule has 3 rings (SSSR count). The molecule has 0 radical (unpaired) electrons. The SMILES string of the molecule is CSc1ncc2c(Nc3cc(NC(=O)O)ccc3C)nn(C)c2n1. The highest BCUT2D eigenvalue weighted by atomic mass is 32.2. The summed E-state index contributed by atoms with van der Waals surface area (Å²) in [5.74, 6) is 0.621. The van der Waals surface area contributed by atoms with E-state index >= 15 is 0 Å². The van der Waals surface area contributed by atoms with Crippen LogP contribution in [0.5, 0.6) is 0 Å². The van der Waals surface area contributed by atoms with E-state index in [-0.39, 0.29) is 0 Å². The van der Waals surface area contributed by atoms with Crippen molar-refractivity contribution in [3.63, 3.8) is 0 Å². The smallest absolute Gasteiger partial charge is 0.409 e. The van der Waals surface area contributed by atoms with Gasteiger partial charge in [-0.05, 0) is 30.9 Å². The molecule has 0 unspecified atom stereocenters. The second-order valence-corrected chi connectivity index (χ2v) is 5.92. The van der Waals surface area contributed by atoms with Crippen LogP contribution in [0.3, 0.4) is 0 Å². The molecule has 0 saturated carbocycles. The van der Waals surface area contributed by atoms with Gasteiger partial charge in [0.2, 0.25) is 0 Å². The Bertz CT molecular complexity index is 924. The van der Waals surface area contributed by atoms with Gasteiger partial charge in [-0.1, -0.05) is 17.8 Å².